The summed E-state index contributed by atoms with van der Waals surface area (Å²) in [4.78, 5) is 72.8. The number of aliphatic hydroxyl groups is 1. The molecule has 0 aliphatic rings. The van der Waals surface area contributed by atoms with E-state index in [-0.39, 0.29) is 25.7 Å². The van der Waals surface area contributed by atoms with Crippen molar-refractivity contribution in [2.45, 2.75) is 401 Å². The van der Waals surface area contributed by atoms with Crippen LogP contribution in [0.4, 0.5) is 0 Å². The van der Waals surface area contributed by atoms with Crippen LogP contribution in [0.25, 0.3) is 0 Å². The highest BCUT2D eigenvalue weighted by molar-refractivity contribution is 7.47. The largest absolute Gasteiger partial charge is 0.472 e. The molecule has 5 unspecified atom stereocenters. The van der Waals surface area contributed by atoms with Gasteiger partial charge in [0, 0.05) is 25.7 Å². The molecule has 17 nitrogen and oxygen atoms in total. The fourth-order valence-corrected chi connectivity index (χ4v) is 13.0. The van der Waals surface area contributed by atoms with Crippen LogP contribution in [-0.2, 0) is 65.4 Å². The second-order valence-electron chi connectivity index (χ2n) is 28.6. The van der Waals surface area contributed by atoms with Gasteiger partial charge < -0.3 is 33.8 Å². The molecular weight excluding hydrogens is 1250 g/mol. The van der Waals surface area contributed by atoms with Crippen molar-refractivity contribution in [1.29, 1.82) is 0 Å². The number of hydrogen-bond acceptors (Lipinski definition) is 15. The molecule has 95 heavy (non-hydrogen) atoms. The van der Waals surface area contributed by atoms with E-state index in [1.807, 2.05) is 0 Å². The maximum absolute atomic E-state index is 13.1. The minimum absolute atomic E-state index is 0.102. The van der Waals surface area contributed by atoms with E-state index in [0.29, 0.717) is 25.7 Å². The number of hydrogen-bond donors (Lipinski definition) is 3. The maximum atomic E-state index is 13.1. The number of carbonyl (C=O) groups excluding carboxylic acids is 4. The van der Waals surface area contributed by atoms with Crippen molar-refractivity contribution >= 4 is 39.5 Å². The molecule has 0 aromatic rings. The van der Waals surface area contributed by atoms with Crippen LogP contribution in [0, 0.1) is 23.7 Å². The molecule has 0 aromatic heterocycles. The standard InChI is InChI=1S/C76H148O17P2/c1-9-67(6)53-45-37-29-25-21-17-13-15-19-23-27-31-42-50-58-75(80)92-71(62-86-73(78)56-48-40-30-26-22-18-14-12-16-20-24-28-36-44-52-66(4)5)64-90-94(82,83)88-60-70(77)61-89-95(84,85)91-65-72(93-76(81)59-51-43-35-33-39-47-55-69(8)11-3)63-87-74(79)57-49-41-34-32-38-46-54-68(7)10-2/h66-72,77H,9-65H2,1-8H3,(H,82,83)(H,84,85)/t67?,68?,69?,70-,71-,72-/m1/s1. The first kappa shape index (κ1) is 93.1. The Morgan fingerprint density at radius 2 is 0.505 bits per heavy atom. The van der Waals surface area contributed by atoms with Crippen molar-refractivity contribution in [3.63, 3.8) is 0 Å². The summed E-state index contributed by atoms with van der Waals surface area (Å²) in [6.45, 7) is 14.2. The lowest BCUT2D eigenvalue weighted by Crippen LogP contribution is -2.30. The summed E-state index contributed by atoms with van der Waals surface area (Å²) in [6, 6.07) is 0. The molecular formula is C76H148O17P2. The van der Waals surface area contributed by atoms with Crippen LogP contribution in [0.1, 0.15) is 383 Å². The number of unbranched alkanes of at least 4 members (excludes halogenated alkanes) is 36. The highest BCUT2D eigenvalue weighted by Crippen LogP contribution is 2.45. The molecule has 564 valence electrons. The van der Waals surface area contributed by atoms with Crippen molar-refractivity contribution in [1.82, 2.24) is 0 Å². The zero-order chi connectivity index (χ0) is 70.3. The van der Waals surface area contributed by atoms with Gasteiger partial charge in [-0.2, -0.15) is 0 Å². The normalized spacial score (nSPS) is 15.0. The number of rotatable bonds is 73. The van der Waals surface area contributed by atoms with Gasteiger partial charge in [0.15, 0.2) is 12.2 Å². The Labute approximate surface area is 581 Å². The van der Waals surface area contributed by atoms with E-state index in [9.17, 15) is 43.2 Å². The lowest BCUT2D eigenvalue weighted by molar-refractivity contribution is -0.161. The highest BCUT2D eigenvalue weighted by atomic mass is 31.2. The minimum atomic E-state index is -4.96. The topological polar surface area (TPSA) is 237 Å². The molecule has 0 aliphatic heterocycles. The van der Waals surface area contributed by atoms with Crippen molar-refractivity contribution in [3.05, 3.63) is 0 Å². The number of phosphoric acid groups is 2. The minimum Gasteiger partial charge on any atom is -0.462 e. The molecule has 0 heterocycles. The second kappa shape index (κ2) is 65.4. The number of carbonyl (C=O) groups is 4. The summed E-state index contributed by atoms with van der Waals surface area (Å²) in [5.41, 5.74) is 0. The Hall–Kier alpha value is -1.94. The molecule has 0 fully saturated rings. The predicted octanol–water partition coefficient (Wildman–Crippen LogP) is 22.0. The molecule has 0 aliphatic carbocycles. The third-order valence-electron chi connectivity index (χ3n) is 18.7. The first-order valence-corrected chi connectivity index (χ1v) is 42.3. The summed E-state index contributed by atoms with van der Waals surface area (Å²) in [6.07, 6.45) is 50.0. The smallest absolute Gasteiger partial charge is 0.462 e. The summed E-state index contributed by atoms with van der Waals surface area (Å²) < 4.78 is 68.5. The fraction of sp³-hybridized carbons (Fsp3) is 0.947. The van der Waals surface area contributed by atoms with E-state index in [2.05, 4.69) is 55.4 Å². The maximum Gasteiger partial charge on any atom is 0.472 e. The van der Waals surface area contributed by atoms with Gasteiger partial charge in [0.1, 0.15) is 19.3 Å². The molecule has 0 aromatic carbocycles. The van der Waals surface area contributed by atoms with Gasteiger partial charge in [-0.25, -0.2) is 9.13 Å². The quantitative estimate of drug-likeness (QED) is 0.0222. The molecule has 0 radical (unpaired) electrons. The van der Waals surface area contributed by atoms with Crippen LogP contribution in [0.5, 0.6) is 0 Å². The van der Waals surface area contributed by atoms with E-state index in [0.717, 1.165) is 120 Å². The molecule has 19 heteroatoms. The average molecular weight is 1400 g/mol. The van der Waals surface area contributed by atoms with Crippen LogP contribution in [0.2, 0.25) is 0 Å². The van der Waals surface area contributed by atoms with Gasteiger partial charge in [-0.3, -0.25) is 37.3 Å². The lowest BCUT2D eigenvalue weighted by atomic mass is 9.99. The summed E-state index contributed by atoms with van der Waals surface area (Å²) >= 11 is 0. The molecule has 0 spiro atoms. The summed E-state index contributed by atoms with van der Waals surface area (Å²) in [5.74, 6) is 0.971. The molecule has 8 atom stereocenters. The molecule has 0 bridgehead atoms. The van der Waals surface area contributed by atoms with Crippen molar-refractivity contribution < 1.29 is 80.2 Å². The van der Waals surface area contributed by atoms with Crippen molar-refractivity contribution in [2.24, 2.45) is 23.7 Å². The van der Waals surface area contributed by atoms with Crippen LogP contribution >= 0.6 is 15.6 Å². The van der Waals surface area contributed by atoms with E-state index < -0.39 is 97.5 Å². The van der Waals surface area contributed by atoms with Crippen LogP contribution in [-0.4, -0.2) is 96.7 Å². The molecule has 0 saturated heterocycles. The Morgan fingerprint density at radius 1 is 0.295 bits per heavy atom. The van der Waals surface area contributed by atoms with Gasteiger partial charge in [0.25, 0.3) is 0 Å². The van der Waals surface area contributed by atoms with Crippen LogP contribution in [0.3, 0.4) is 0 Å². The van der Waals surface area contributed by atoms with Gasteiger partial charge in [-0.15, -0.1) is 0 Å². The fourth-order valence-electron chi connectivity index (χ4n) is 11.5. The first-order chi connectivity index (χ1) is 45.7. The molecule has 0 saturated carbocycles. The Kier molecular flexibility index (Phi) is 64.0. The van der Waals surface area contributed by atoms with Crippen molar-refractivity contribution in [3.8, 4) is 0 Å². The average Bonchev–Trinajstić information content (AvgIpc) is 2.96. The van der Waals surface area contributed by atoms with Crippen LogP contribution in [0.15, 0.2) is 0 Å². The van der Waals surface area contributed by atoms with Gasteiger partial charge in [0.05, 0.1) is 26.4 Å². The molecule has 3 N–H and O–H groups in total. The number of phosphoric ester groups is 2. The molecule has 0 amide bonds. The Morgan fingerprint density at radius 3 is 0.747 bits per heavy atom. The highest BCUT2D eigenvalue weighted by Gasteiger charge is 2.30. The number of ether oxygens (including phenoxy) is 4. The van der Waals surface area contributed by atoms with Crippen LogP contribution < -0.4 is 0 Å². The lowest BCUT2D eigenvalue weighted by Gasteiger charge is -2.21. The van der Waals surface area contributed by atoms with Gasteiger partial charge in [-0.1, -0.05) is 331 Å². The first-order valence-electron chi connectivity index (χ1n) is 39.3. The van der Waals surface area contributed by atoms with Gasteiger partial charge in [-0.05, 0) is 49.4 Å². The number of esters is 4. The van der Waals surface area contributed by atoms with Crippen molar-refractivity contribution in [2.75, 3.05) is 39.6 Å². The third-order valence-corrected chi connectivity index (χ3v) is 20.6. The summed E-state index contributed by atoms with van der Waals surface area (Å²) in [7, 11) is -9.91. The third kappa shape index (κ3) is 66.4. The summed E-state index contributed by atoms with van der Waals surface area (Å²) in [5, 5.41) is 10.6. The predicted molar refractivity (Wildman–Crippen MR) is 386 cm³/mol. The zero-order valence-electron chi connectivity index (χ0n) is 62.3. The van der Waals surface area contributed by atoms with E-state index >= 15 is 0 Å². The second-order valence-corrected chi connectivity index (χ2v) is 31.5. The van der Waals surface area contributed by atoms with E-state index in [1.165, 1.54) is 180 Å². The SMILES string of the molecule is CCC(C)CCCCCCCCCCCCCCCCC(=O)O[C@H](COC(=O)CCCCCCCCCCCCCCCCC(C)C)COP(=O)(O)OC[C@@H](O)COP(=O)(O)OC[C@@H](COC(=O)CCCCCCCCC(C)CC)OC(=O)CCCCCCCCC(C)CC. The van der Waals surface area contributed by atoms with Gasteiger partial charge in [0.2, 0.25) is 0 Å². The van der Waals surface area contributed by atoms with E-state index in [1.54, 1.807) is 0 Å². The van der Waals surface area contributed by atoms with E-state index in [4.69, 9.17) is 37.0 Å². The number of aliphatic hydroxyl groups excluding tert-OH is 1. The zero-order valence-corrected chi connectivity index (χ0v) is 64.1. The van der Waals surface area contributed by atoms with Gasteiger partial charge >= 0.3 is 39.5 Å². The Balaban J connectivity index is 5.24. The molecule has 0 rings (SSSR count). The Bertz CT molecular complexity index is 1870. The monoisotopic (exact) mass is 1400 g/mol.